The van der Waals surface area contributed by atoms with E-state index in [9.17, 15) is 0 Å². The van der Waals surface area contributed by atoms with E-state index in [1.807, 2.05) is 24.3 Å². The number of hydrogen-bond donors (Lipinski definition) is 0. The molecule has 1 aliphatic rings. The fraction of sp³-hybridized carbons (Fsp3) is 0.500. The lowest BCUT2D eigenvalue weighted by Crippen LogP contribution is -2.44. The highest BCUT2D eigenvalue weighted by Gasteiger charge is 2.11. The number of nitrogens with zero attached hydrogens (tertiary/aromatic N) is 2. The summed E-state index contributed by atoms with van der Waals surface area (Å²) in [6.45, 7) is 6.26. The van der Waals surface area contributed by atoms with Crippen LogP contribution in [-0.4, -0.2) is 63.3 Å². The van der Waals surface area contributed by atoms with Crippen molar-refractivity contribution in [2.24, 2.45) is 0 Å². The lowest BCUT2D eigenvalue weighted by molar-refractivity contribution is 0.166. The van der Waals surface area contributed by atoms with Crippen molar-refractivity contribution in [1.82, 2.24) is 9.80 Å². The molecular formula is C16H25ClN2O2. The minimum atomic E-state index is 0. The Hall–Kier alpha value is -1.23. The van der Waals surface area contributed by atoms with Gasteiger partial charge >= 0.3 is 0 Å². The maximum atomic E-state index is 5.64. The van der Waals surface area contributed by atoms with Crippen LogP contribution in [0, 0.1) is 0 Å². The molecular weight excluding hydrogens is 288 g/mol. The third-order valence-corrected chi connectivity index (χ3v) is 3.53. The summed E-state index contributed by atoms with van der Waals surface area (Å²) in [6, 6.07) is 7.66. The molecule has 0 N–H and O–H groups in total. The molecule has 1 aromatic rings. The average molecular weight is 313 g/mol. The Kier molecular flexibility index (Phi) is 8.20. The monoisotopic (exact) mass is 312 g/mol. The van der Waals surface area contributed by atoms with Gasteiger partial charge in [0.2, 0.25) is 0 Å². The van der Waals surface area contributed by atoms with E-state index in [2.05, 4.69) is 29.0 Å². The van der Waals surface area contributed by atoms with Crippen LogP contribution in [0.1, 0.15) is 0 Å². The number of hydrogen-bond acceptors (Lipinski definition) is 4. The minimum Gasteiger partial charge on any atom is -0.497 e. The van der Waals surface area contributed by atoms with Crippen LogP contribution in [0.25, 0.3) is 0 Å². The number of benzene rings is 1. The van der Waals surface area contributed by atoms with E-state index < -0.39 is 0 Å². The van der Waals surface area contributed by atoms with Crippen LogP contribution in [0.3, 0.4) is 0 Å². The summed E-state index contributed by atoms with van der Waals surface area (Å²) >= 11 is 0. The van der Waals surface area contributed by atoms with Gasteiger partial charge in [-0.2, -0.15) is 0 Å². The van der Waals surface area contributed by atoms with Gasteiger partial charge in [-0.25, -0.2) is 0 Å². The van der Waals surface area contributed by atoms with Crippen molar-refractivity contribution in [2.75, 3.05) is 53.5 Å². The smallest absolute Gasteiger partial charge is 0.120 e. The molecule has 1 aromatic carbocycles. The van der Waals surface area contributed by atoms with Crippen molar-refractivity contribution in [3.63, 3.8) is 0 Å². The fourth-order valence-corrected chi connectivity index (χ4v) is 2.14. The Morgan fingerprint density at radius 1 is 1.00 bits per heavy atom. The van der Waals surface area contributed by atoms with Gasteiger partial charge in [0.05, 0.1) is 7.11 Å². The lowest BCUT2D eigenvalue weighted by Gasteiger charge is -2.31. The van der Waals surface area contributed by atoms with Crippen molar-refractivity contribution in [2.45, 2.75) is 0 Å². The Morgan fingerprint density at radius 2 is 1.62 bits per heavy atom. The summed E-state index contributed by atoms with van der Waals surface area (Å²) in [5, 5.41) is 0. The van der Waals surface area contributed by atoms with Gasteiger partial charge in [-0.1, -0.05) is 12.2 Å². The number of methoxy groups -OCH3 is 1. The number of rotatable bonds is 6. The number of halogens is 1. The van der Waals surface area contributed by atoms with E-state index in [0.29, 0.717) is 6.61 Å². The van der Waals surface area contributed by atoms with Gasteiger partial charge in [0, 0.05) is 32.7 Å². The molecule has 0 aromatic heterocycles. The third kappa shape index (κ3) is 6.38. The standard InChI is InChI=1S/C16H24N2O2.ClH/c1-17-10-12-18(13-11-17)9-3-4-14-20-16-7-5-15(19-2)6-8-16;/h3-8H,9-14H2,1-2H3;1H/b4-3+;. The van der Waals surface area contributed by atoms with Gasteiger partial charge in [0.15, 0.2) is 0 Å². The Bertz CT molecular complexity index is 415. The maximum Gasteiger partial charge on any atom is 0.120 e. The molecule has 1 aliphatic heterocycles. The molecule has 2 rings (SSSR count). The molecule has 5 heteroatoms. The van der Waals surface area contributed by atoms with Gasteiger partial charge in [-0.3, -0.25) is 4.90 Å². The summed E-state index contributed by atoms with van der Waals surface area (Å²) < 4.78 is 10.8. The molecule has 21 heavy (non-hydrogen) atoms. The molecule has 118 valence electrons. The molecule has 0 bridgehead atoms. The fourth-order valence-electron chi connectivity index (χ4n) is 2.14. The lowest BCUT2D eigenvalue weighted by atomic mass is 10.3. The zero-order valence-corrected chi connectivity index (χ0v) is 13.6. The summed E-state index contributed by atoms with van der Waals surface area (Å²) in [5.74, 6) is 1.72. The Balaban J connectivity index is 0.00000220. The van der Waals surface area contributed by atoms with E-state index in [4.69, 9.17) is 9.47 Å². The number of likely N-dealkylation sites (N-methyl/N-ethyl adjacent to an activating group) is 1. The van der Waals surface area contributed by atoms with Gasteiger partial charge < -0.3 is 14.4 Å². The van der Waals surface area contributed by atoms with Crippen molar-refractivity contribution in [3.8, 4) is 11.5 Å². The highest BCUT2D eigenvalue weighted by Crippen LogP contribution is 2.16. The van der Waals surface area contributed by atoms with Crippen molar-refractivity contribution in [1.29, 1.82) is 0 Å². The zero-order valence-electron chi connectivity index (χ0n) is 12.8. The minimum absolute atomic E-state index is 0. The van der Waals surface area contributed by atoms with Crippen LogP contribution >= 0.6 is 12.4 Å². The Morgan fingerprint density at radius 3 is 2.24 bits per heavy atom. The first-order chi connectivity index (χ1) is 9.78. The average Bonchev–Trinajstić information content (AvgIpc) is 2.49. The normalized spacial score (nSPS) is 16.7. The maximum absolute atomic E-state index is 5.64. The van der Waals surface area contributed by atoms with Crippen LogP contribution in [0.15, 0.2) is 36.4 Å². The number of ether oxygens (including phenoxy) is 2. The number of piperazine rings is 1. The molecule has 0 atom stereocenters. The molecule has 0 radical (unpaired) electrons. The van der Waals surface area contributed by atoms with Crippen molar-refractivity contribution in [3.05, 3.63) is 36.4 Å². The van der Waals surface area contributed by atoms with Gasteiger partial charge in [-0.15, -0.1) is 12.4 Å². The molecule has 0 saturated carbocycles. The van der Waals surface area contributed by atoms with Crippen LogP contribution in [0.4, 0.5) is 0 Å². The van der Waals surface area contributed by atoms with Crippen molar-refractivity contribution >= 4 is 12.4 Å². The van der Waals surface area contributed by atoms with E-state index in [0.717, 1.165) is 44.2 Å². The SMILES string of the molecule is COc1ccc(OC/C=C/CN2CCN(C)CC2)cc1.Cl. The van der Waals surface area contributed by atoms with Crippen LogP contribution in [0.5, 0.6) is 11.5 Å². The molecule has 0 amide bonds. The van der Waals surface area contributed by atoms with Crippen molar-refractivity contribution < 1.29 is 9.47 Å². The Labute approximate surface area is 133 Å². The van der Waals surface area contributed by atoms with Gasteiger partial charge in [0.25, 0.3) is 0 Å². The summed E-state index contributed by atoms with van der Waals surface area (Å²) in [7, 11) is 3.84. The van der Waals surface area contributed by atoms with E-state index >= 15 is 0 Å². The second kappa shape index (κ2) is 9.66. The largest absolute Gasteiger partial charge is 0.497 e. The zero-order chi connectivity index (χ0) is 14.2. The first-order valence-corrected chi connectivity index (χ1v) is 7.10. The van der Waals surface area contributed by atoms with E-state index in [1.54, 1.807) is 7.11 Å². The molecule has 1 saturated heterocycles. The molecule has 0 spiro atoms. The third-order valence-electron chi connectivity index (χ3n) is 3.53. The summed E-state index contributed by atoms with van der Waals surface area (Å²) in [6.07, 6.45) is 4.28. The topological polar surface area (TPSA) is 24.9 Å². The predicted octanol–water partition coefficient (Wildman–Crippen LogP) is 2.30. The molecule has 1 heterocycles. The highest BCUT2D eigenvalue weighted by molar-refractivity contribution is 5.85. The molecule has 1 fully saturated rings. The molecule has 0 aliphatic carbocycles. The molecule has 4 nitrogen and oxygen atoms in total. The van der Waals surface area contributed by atoms with E-state index in [-0.39, 0.29) is 12.4 Å². The second-order valence-electron chi connectivity index (χ2n) is 5.06. The summed E-state index contributed by atoms with van der Waals surface area (Å²) in [5.41, 5.74) is 0. The first kappa shape index (κ1) is 17.8. The predicted molar refractivity (Wildman–Crippen MR) is 88.8 cm³/mol. The van der Waals surface area contributed by atoms with Gasteiger partial charge in [-0.05, 0) is 31.3 Å². The van der Waals surface area contributed by atoms with Crippen LogP contribution < -0.4 is 9.47 Å². The van der Waals surface area contributed by atoms with E-state index in [1.165, 1.54) is 0 Å². The first-order valence-electron chi connectivity index (χ1n) is 7.10. The van der Waals surface area contributed by atoms with Gasteiger partial charge in [0.1, 0.15) is 18.1 Å². The second-order valence-corrected chi connectivity index (χ2v) is 5.06. The van der Waals surface area contributed by atoms with Crippen LogP contribution in [0.2, 0.25) is 0 Å². The highest BCUT2D eigenvalue weighted by atomic mass is 35.5. The van der Waals surface area contributed by atoms with Crippen LogP contribution in [-0.2, 0) is 0 Å². The quantitative estimate of drug-likeness (QED) is 0.753. The summed E-state index contributed by atoms with van der Waals surface area (Å²) in [4.78, 5) is 4.83. The molecule has 0 unspecified atom stereocenters.